The summed E-state index contributed by atoms with van der Waals surface area (Å²) < 4.78 is 28.0. The molecule has 2 rings (SSSR count). The third-order valence-electron chi connectivity index (χ3n) is 3.90. The van der Waals surface area contributed by atoms with Crippen LogP contribution in [0.15, 0.2) is 30.3 Å². The van der Waals surface area contributed by atoms with E-state index in [1.165, 1.54) is 24.5 Å². The molecule has 3 heteroatoms. The van der Waals surface area contributed by atoms with E-state index < -0.39 is 11.6 Å². The highest BCUT2D eigenvalue weighted by atomic mass is 19.2. The number of aryl methyl sites for hydroxylation is 2. The lowest BCUT2D eigenvalue weighted by atomic mass is 9.97. The number of carbonyl (C=O) groups is 1. The number of hydrogen-bond donors (Lipinski definition) is 0. The molecule has 0 atom stereocenters. The van der Waals surface area contributed by atoms with Crippen molar-refractivity contribution in [2.75, 3.05) is 0 Å². The van der Waals surface area contributed by atoms with Gasteiger partial charge in [-0.05, 0) is 42.5 Å². The van der Waals surface area contributed by atoms with Crippen LogP contribution in [0, 0.1) is 18.6 Å². The fraction of sp³-hybridized carbons (Fsp3) is 0.316. The van der Waals surface area contributed by atoms with Crippen LogP contribution in [0.1, 0.15) is 47.7 Å². The third-order valence-corrected chi connectivity index (χ3v) is 3.90. The van der Waals surface area contributed by atoms with E-state index in [1.54, 1.807) is 19.1 Å². The van der Waals surface area contributed by atoms with Crippen molar-refractivity contribution in [1.82, 2.24) is 0 Å². The second-order valence-electron chi connectivity index (χ2n) is 5.55. The van der Waals surface area contributed by atoms with Gasteiger partial charge in [0.1, 0.15) is 0 Å². The zero-order chi connectivity index (χ0) is 16.1. The molecule has 0 saturated heterocycles. The highest BCUT2D eigenvalue weighted by molar-refractivity contribution is 5.80. The Labute approximate surface area is 130 Å². The van der Waals surface area contributed by atoms with Gasteiger partial charge in [-0.2, -0.15) is 0 Å². The quantitative estimate of drug-likeness (QED) is 0.509. The van der Waals surface area contributed by atoms with Gasteiger partial charge in [-0.15, -0.1) is 0 Å². The van der Waals surface area contributed by atoms with E-state index in [-0.39, 0.29) is 11.1 Å². The first-order valence-electron chi connectivity index (χ1n) is 7.61. The van der Waals surface area contributed by atoms with Crippen LogP contribution in [0.3, 0.4) is 0 Å². The Hall–Kier alpha value is -2.03. The Balaban J connectivity index is 2.30. The average molecular weight is 302 g/mol. The molecule has 0 fully saturated rings. The lowest BCUT2D eigenvalue weighted by molar-refractivity contribution is 0.111. The third kappa shape index (κ3) is 3.41. The zero-order valence-corrected chi connectivity index (χ0v) is 13.0. The first-order valence-corrected chi connectivity index (χ1v) is 7.61. The highest BCUT2D eigenvalue weighted by Crippen LogP contribution is 2.28. The summed E-state index contributed by atoms with van der Waals surface area (Å²) in [5, 5.41) is 0. The summed E-state index contributed by atoms with van der Waals surface area (Å²) in [6, 6.07) is 9.03. The average Bonchev–Trinajstić information content (AvgIpc) is 2.52. The normalized spacial score (nSPS) is 10.7. The zero-order valence-electron chi connectivity index (χ0n) is 13.0. The van der Waals surface area contributed by atoms with Gasteiger partial charge in [-0.3, -0.25) is 4.79 Å². The summed E-state index contributed by atoms with van der Waals surface area (Å²) in [6.45, 7) is 3.76. The molecule has 0 heterocycles. The number of benzene rings is 2. The molecule has 2 aromatic carbocycles. The molecule has 22 heavy (non-hydrogen) atoms. The molecule has 0 spiro atoms. The van der Waals surface area contributed by atoms with Gasteiger partial charge in [0, 0.05) is 5.56 Å². The summed E-state index contributed by atoms with van der Waals surface area (Å²) in [7, 11) is 0. The van der Waals surface area contributed by atoms with Crippen molar-refractivity contribution in [3.05, 3.63) is 58.7 Å². The minimum Gasteiger partial charge on any atom is -0.298 e. The summed E-state index contributed by atoms with van der Waals surface area (Å²) in [4.78, 5) is 10.8. The van der Waals surface area contributed by atoms with Crippen molar-refractivity contribution in [1.29, 1.82) is 0 Å². The van der Waals surface area contributed by atoms with Crippen molar-refractivity contribution < 1.29 is 13.6 Å². The predicted octanol–water partition coefficient (Wildman–Crippen LogP) is 5.49. The number of aldehydes is 1. The summed E-state index contributed by atoms with van der Waals surface area (Å²) >= 11 is 0. The standard InChI is InChI=1S/C19H20F2O/c1-3-4-5-6-14-7-9-15(10-8-14)16-11-13(2)17(12-22)19(21)18(16)20/h7-12H,3-6H2,1-2H3. The molecule has 2 aromatic rings. The van der Waals surface area contributed by atoms with E-state index >= 15 is 0 Å². The van der Waals surface area contributed by atoms with Crippen LogP contribution in [0.25, 0.3) is 11.1 Å². The first-order chi connectivity index (χ1) is 10.6. The van der Waals surface area contributed by atoms with Gasteiger partial charge in [0.15, 0.2) is 17.9 Å². The van der Waals surface area contributed by atoms with E-state index in [0.29, 0.717) is 17.4 Å². The molecule has 0 bridgehead atoms. The lowest BCUT2D eigenvalue weighted by Gasteiger charge is -2.10. The molecule has 0 N–H and O–H groups in total. The van der Waals surface area contributed by atoms with E-state index in [1.807, 2.05) is 12.1 Å². The van der Waals surface area contributed by atoms with Gasteiger partial charge in [0.2, 0.25) is 0 Å². The number of carbonyl (C=O) groups excluding carboxylic acids is 1. The van der Waals surface area contributed by atoms with Gasteiger partial charge in [0.05, 0.1) is 5.56 Å². The van der Waals surface area contributed by atoms with Crippen LogP contribution in [0.5, 0.6) is 0 Å². The van der Waals surface area contributed by atoms with Gasteiger partial charge in [-0.1, -0.05) is 44.0 Å². The summed E-state index contributed by atoms with van der Waals surface area (Å²) in [6.07, 6.45) is 4.84. The Morgan fingerprint density at radius 3 is 2.32 bits per heavy atom. The fourth-order valence-corrected chi connectivity index (χ4v) is 2.55. The molecule has 0 aliphatic rings. The second-order valence-corrected chi connectivity index (χ2v) is 5.55. The number of unbranched alkanes of at least 4 members (excludes halogenated alkanes) is 2. The van der Waals surface area contributed by atoms with Crippen molar-refractivity contribution in [2.24, 2.45) is 0 Å². The molecule has 0 radical (unpaired) electrons. The smallest absolute Gasteiger partial charge is 0.170 e. The first kappa shape index (κ1) is 16.3. The van der Waals surface area contributed by atoms with Crippen LogP contribution in [0.2, 0.25) is 0 Å². The predicted molar refractivity (Wildman–Crippen MR) is 85.1 cm³/mol. The summed E-state index contributed by atoms with van der Waals surface area (Å²) in [5.74, 6) is -2.04. The largest absolute Gasteiger partial charge is 0.298 e. The Kier molecular flexibility index (Phi) is 5.42. The van der Waals surface area contributed by atoms with E-state index in [0.717, 1.165) is 12.8 Å². The van der Waals surface area contributed by atoms with Crippen LogP contribution in [-0.4, -0.2) is 6.29 Å². The molecule has 0 unspecified atom stereocenters. The van der Waals surface area contributed by atoms with Crippen molar-refractivity contribution in [2.45, 2.75) is 39.5 Å². The van der Waals surface area contributed by atoms with Crippen LogP contribution in [0.4, 0.5) is 8.78 Å². The maximum atomic E-state index is 14.1. The van der Waals surface area contributed by atoms with Crippen molar-refractivity contribution >= 4 is 6.29 Å². The van der Waals surface area contributed by atoms with E-state index in [9.17, 15) is 13.6 Å². The van der Waals surface area contributed by atoms with Crippen molar-refractivity contribution in [3.8, 4) is 11.1 Å². The monoisotopic (exact) mass is 302 g/mol. The molecule has 0 aliphatic heterocycles. The second kappa shape index (κ2) is 7.30. The van der Waals surface area contributed by atoms with Crippen LogP contribution in [-0.2, 0) is 6.42 Å². The van der Waals surface area contributed by atoms with E-state index in [4.69, 9.17) is 0 Å². The molecule has 0 aromatic heterocycles. The summed E-state index contributed by atoms with van der Waals surface area (Å²) in [5.41, 5.74) is 2.24. The van der Waals surface area contributed by atoms with Gasteiger partial charge < -0.3 is 0 Å². The van der Waals surface area contributed by atoms with E-state index in [2.05, 4.69) is 6.92 Å². The van der Waals surface area contributed by atoms with Crippen LogP contribution < -0.4 is 0 Å². The fourth-order valence-electron chi connectivity index (χ4n) is 2.55. The highest BCUT2D eigenvalue weighted by Gasteiger charge is 2.17. The number of halogens is 2. The lowest BCUT2D eigenvalue weighted by Crippen LogP contribution is -1.99. The Bertz CT molecular complexity index is 660. The maximum absolute atomic E-state index is 14.1. The molecule has 0 aliphatic carbocycles. The number of rotatable bonds is 6. The molecule has 0 amide bonds. The minimum atomic E-state index is -1.07. The Morgan fingerprint density at radius 2 is 1.73 bits per heavy atom. The van der Waals surface area contributed by atoms with Crippen molar-refractivity contribution in [3.63, 3.8) is 0 Å². The molecule has 0 saturated carbocycles. The van der Waals surface area contributed by atoms with Gasteiger partial charge >= 0.3 is 0 Å². The molecule has 1 nitrogen and oxygen atoms in total. The number of hydrogen-bond acceptors (Lipinski definition) is 1. The maximum Gasteiger partial charge on any atom is 0.170 e. The molecular formula is C19H20F2O. The minimum absolute atomic E-state index is 0.195. The SMILES string of the molecule is CCCCCc1ccc(-c2cc(C)c(C=O)c(F)c2F)cc1. The topological polar surface area (TPSA) is 17.1 Å². The van der Waals surface area contributed by atoms with Crippen LogP contribution >= 0.6 is 0 Å². The molecule has 116 valence electrons. The van der Waals surface area contributed by atoms with Gasteiger partial charge in [-0.25, -0.2) is 8.78 Å². The molecular weight excluding hydrogens is 282 g/mol. The Morgan fingerprint density at radius 1 is 1.05 bits per heavy atom. The van der Waals surface area contributed by atoms with Gasteiger partial charge in [0.25, 0.3) is 0 Å².